The lowest BCUT2D eigenvalue weighted by atomic mass is 10.1. The zero-order valence-corrected chi connectivity index (χ0v) is 13.6. The number of ether oxygens (including phenoxy) is 1. The summed E-state index contributed by atoms with van der Waals surface area (Å²) in [5, 5.41) is 7.99. The van der Waals surface area contributed by atoms with Crippen LogP contribution in [-0.2, 0) is 0 Å². The number of rotatable bonds is 6. The molecule has 0 radical (unpaired) electrons. The minimum Gasteiger partial charge on any atom is -0.441 e. The molecule has 0 spiro atoms. The molecule has 0 saturated heterocycles. The van der Waals surface area contributed by atoms with E-state index in [1.807, 2.05) is 51.1 Å². The monoisotopic (exact) mass is 297 g/mol. The number of allylic oxidation sites excluding steroid dienone is 4. The number of nitrogens with one attached hydrogen (secondary N) is 1. The number of hydrogen-bond acceptors (Lipinski definition) is 4. The summed E-state index contributed by atoms with van der Waals surface area (Å²) in [5.41, 5.74) is 9.30. The molecule has 22 heavy (non-hydrogen) atoms. The molecule has 0 amide bonds. The third-order valence-electron chi connectivity index (χ3n) is 3.01. The molecule has 0 saturated carbocycles. The Balaban J connectivity index is 2.94. The molecule has 0 aliphatic heterocycles. The molecule has 116 valence electrons. The average Bonchev–Trinajstić information content (AvgIpc) is 2.47. The molecule has 0 atom stereocenters. The van der Waals surface area contributed by atoms with Gasteiger partial charge in [-0.05, 0) is 39.3 Å². The summed E-state index contributed by atoms with van der Waals surface area (Å²) in [6, 6.07) is 7.51. The molecule has 3 N–H and O–H groups in total. The van der Waals surface area contributed by atoms with Gasteiger partial charge in [0.1, 0.15) is 5.75 Å². The van der Waals surface area contributed by atoms with E-state index in [2.05, 4.69) is 11.6 Å². The van der Waals surface area contributed by atoms with Gasteiger partial charge in [-0.15, -0.1) is 0 Å². The summed E-state index contributed by atoms with van der Waals surface area (Å²) in [4.78, 5) is 4.28. The maximum absolute atomic E-state index is 7.99. The Labute approximate surface area is 132 Å². The SMILES string of the molecule is C=C(C)c1ccccc1O/C(N)=C/C(=N)/C(C)=N/C(C)=C\C. The molecule has 0 aliphatic rings. The van der Waals surface area contributed by atoms with E-state index in [9.17, 15) is 0 Å². The highest BCUT2D eigenvalue weighted by molar-refractivity contribution is 6.44. The molecule has 0 bridgehead atoms. The first-order chi connectivity index (χ1) is 10.3. The first-order valence-corrected chi connectivity index (χ1v) is 7.02. The quantitative estimate of drug-likeness (QED) is 0.607. The Kier molecular flexibility index (Phi) is 6.32. The van der Waals surface area contributed by atoms with E-state index in [0.29, 0.717) is 11.5 Å². The molecule has 4 nitrogen and oxygen atoms in total. The standard InChI is InChI=1S/C18H23N3O/c1-6-13(4)21-14(5)16(19)11-18(20)22-17-10-8-7-9-15(17)12(2)3/h6-11,19H,2,20H2,1,3-5H3/b13-6-,18-11+,19-16?,21-14+. The van der Waals surface area contributed by atoms with Crippen LogP contribution in [0.1, 0.15) is 33.3 Å². The predicted octanol–water partition coefficient (Wildman–Crippen LogP) is 4.30. The smallest absolute Gasteiger partial charge is 0.193 e. The van der Waals surface area contributed by atoms with Gasteiger partial charge in [-0.1, -0.05) is 30.9 Å². The molecule has 0 aromatic heterocycles. The minimum atomic E-state index is 0.145. The van der Waals surface area contributed by atoms with Crippen LogP contribution in [0.4, 0.5) is 0 Å². The molecule has 4 heteroatoms. The second-order valence-electron chi connectivity index (χ2n) is 4.97. The molecule has 1 rings (SSSR count). The summed E-state index contributed by atoms with van der Waals surface area (Å²) in [7, 11) is 0. The third-order valence-corrected chi connectivity index (χ3v) is 3.01. The van der Waals surface area contributed by atoms with Crippen molar-refractivity contribution in [3.63, 3.8) is 0 Å². The number of aliphatic imine (C=N–C) groups is 1. The van der Waals surface area contributed by atoms with Crippen LogP contribution in [0.5, 0.6) is 5.75 Å². The average molecular weight is 297 g/mol. The summed E-state index contributed by atoms with van der Waals surface area (Å²) >= 11 is 0. The van der Waals surface area contributed by atoms with Crippen LogP contribution in [0.2, 0.25) is 0 Å². The minimum absolute atomic E-state index is 0.145. The van der Waals surface area contributed by atoms with Crippen molar-refractivity contribution in [2.24, 2.45) is 10.7 Å². The zero-order valence-electron chi connectivity index (χ0n) is 13.6. The Hall–Kier alpha value is -2.62. The van der Waals surface area contributed by atoms with Crippen molar-refractivity contribution in [1.29, 1.82) is 5.41 Å². The first-order valence-electron chi connectivity index (χ1n) is 7.02. The van der Waals surface area contributed by atoms with E-state index in [4.69, 9.17) is 15.9 Å². The van der Waals surface area contributed by atoms with E-state index in [1.54, 1.807) is 6.92 Å². The Bertz CT molecular complexity index is 667. The Morgan fingerprint density at radius 3 is 2.50 bits per heavy atom. The van der Waals surface area contributed by atoms with E-state index >= 15 is 0 Å². The van der Waals surface area contributed by atoms with E-state index < -0.39 is 0 Å². The first kappa shape index (κ1) is 17.4. The third kappa shape index (κ3) is 5.05. The molecule has 0 fully saturated rings. The topological polar surface area (TPSA) is 71.5 Å². The summed E-state index contributed by atoms with van der Waals surface area (Å²) < 4.78 is 5.63. The van der Waals surface area contributed by atoms with Gasteiger partial charge >= 0.3 is 0 Å². The fourth-order valence-electron chi connectivity index (χ4n) is 1.70. The second-order valence-corrected chi connectivity index (χ2v) is 4.97. The molecular weight excluding hydrogens is 274 g/mol. The van der Waals surface area contributed by atoms with Gasteiger partial charge in [0.25, 0.3) is 0 Å². The van der Waals surface area contributed by atoms with Crippen LogP contribution >= 0.6 is 0 Å². The van der Waals surface area contributed by atoms with Gasteiger partial charge < -0.3 is 10.5 Å². The maximum atomic E-state index is 7.99. The van der Waals surface area contributed by atoms with Gasteiger partial charge in [-0.25, -0.2) is 0 Å². The van der Waals surface area contributed by atoms with Crippen LogP contribution in [-0.4, -0.2) is 11.4 Å². The van der Waals surface area contributed by atoms with Crippen LogP contribution in [0.15, 0.2) is 59.6 Å². The normalized spacial score (nSPS) is 13.0. The zero-order chi connectivity index (χ0) is 16.7. The lowest BCUT2D eigenvalue weighted by molar-refractivity contribution is 0.419. The fraction of sp³-hybridized carbons (Fsp3) is 0.222. The summed E-state index contributed by atoms with van der Waals surface area (Å²) in [6.07, 6.45) is 3.33. The van der Waals surface area contributed by atoms with Crippen LogP contribution in [0, 0.1) is 5.41 Å². The van der Waals surface area contributed by atoms with Crippen molar-refractivity contribution in [1.82, 2.24) is 0 Å². The van der Waals surface area contributed by atoms with Crippen molar-refractivity contribution in [3.8, 4) is 5.75 Å². The van der Waals surface area contributed by atoms with Crippen molar-refractivity contribution in [2.45, 2.75) is 27.7 Å². The predicted molar refractivity (Wildman–Crippen MR) is 94.3 cm³/mol. The Morgan fingerprint density at radius 1 is 1.27 bits per heavy atom. The Morgan fingerprint density at radius 2 is 1.91 bits per heavy atom. The molecule has 0 unspecified atom stereocenters. The molecule has 1 aromatic carbocycles. The highest BCUT2D eigenvalue weighted by atomic mass is 16.5. The van der Waals surface area contributed by atoms with Gasteiger partial charge in [0.15, 0.2) is 5.88 Å². The van der Waals surface area contributed by atoms with Crippen molar-refractivity contribution >= 4 is 17.0 Å². The number of nitrogens with zero attached hydrogens (tertiary/aromatic N) is 1. The lowest BCUT2D eigenvalue weighted by Crippen LogP contribution is -2.13. The largest absolute Gasteiger partial charge is 0.441 e. The van der Waals surface area contributed by atoms with Crippen molar-refractivity contribution in [3.05, 3.63) is 60.1 Å². The van der Waals surface area contributed by atoms with Crippen molar-refractivity contribution < 1.29 is 4.74 Å². The lowest BCUT2D eigenvalue weighted by Gasteiger charge is -2.11. The number of nitrogens with two attached hydrogens (primary N) is 1. The summed E-state index contributed by atoms with van der Waals surface area (Å²) in [6.45, 7) is 11.4. The van der Waals surface area contributed by atoms with Crippen molar-refractivity contribution in [2.75, 3.05) is 0 Å². The van der Waals surface area contributed by atoms with Gasteiger partial charge in [-0.2, -0.15) is 0 Å². The van der Waals surface area contributed by atoms with Crippen LogP contribution in [0.25, 0.3) is 5.57 Å². The molecule has 0 heterocycles. The van der Waals surface area contributed by atoms with E-state index in [0.717, 1.165) is 16.8 Å². The van der Waals surface area contributed by atoms with Gasteiger partial charge in [-0.3, -0.25) is 10.4 Å². The van der Waals surface area contributed by atoms with E-state index in [1.165, 1.54) is 6.08 Å². The van der Waals surface area contributed by atoms with Gasteiger partial charge in [0.05, 0.1) is 11.4 Å². The highest BCUT2D eigenvalue weighted by Crippen LogP contribution is 2.25. The van der Waals surface area contributed by atoms with E-state index in [-0.39, 0.29) is 11.6 Å². The maximum Gasteiger partial charge on any atom is 0.193 e. The number of hydrogen-bond donors (Lipinski definition) is 2. The van der Waals surface area contributed by atoms with Gasteiger partial charge in [0, 0.05) is 17.3 Å². The fourth-order valence-corrected chi connectivity index (χ4v) is 1.70. The van der Waals surface area contributed by atoms with Gasteiger partial charge in [0.2, 0.25) is 0 Å². The highest BCUT2D eigenvalue weighted by Gasteiger charge is 2.06. The summed E-state index contributed by atoms with van der Waals surface area (Å²) in [5.74, 6) is 0.766. The molecule has 1 aromatic rings. The van der Waals surface area contributed by atoms with Crippen LogP contribution < -0.4 is 10.5 Å². The number of para-hydroxylation sites is 1. The second kappa shape index (κ2) is 7.98. The molecular formula is C18H23N3O. The van der Waals surface area contributed by atoms with Crippen LogP contribution in [0.3, 0.4) is 0 Å². The number of benzene rings is 1. The molecule has 0 aliphatic carbocycles.